The van der Waals surface area contributed by atoms with Crippen LogP contribution in [0.5, 0.6) is 11.5 Å². The Kier molecular flexibility index (Phi) is 26.0. The zero-order valence-electron chi connectivity index (χ0n) is 22.6. The van der Waals surface area contributed by atoms with E-state index in [0.717, 1.165) is 16.1 Å². The summed E-state index contributed by atoms with van der Waals surface area (Å²) in [7, 11) is 0. The van der Waals surface area contributed by atoms with E-state index in [4.69, 9.17) is 59.6 Å². The molecule has 0 N–H and O–H groups in total. The minimum Gasteiger partial charge on any atom is -0.487 e. The van der Waals surface area contributed by atoms with Crippen LogP contribution in [0.2, 0.25) is 0 Å². The van der Waals surface area contributed by atoms with Gasteiger partial charge in [0.15, 0.2) is 11.5 Å². The first-order valence-electron chi connectivity index (χ1n) is 11.9. The molecule has 0 unspecified atom stereocenters. The van der Waals surface area contributed by atoms with Crippen LogP contribution in [0.15, 0.2) is 42.5 Å². The molecular formula is C25H28Ag2N4O11S. The second-order valence-corrected chi connectivity index (χ2v) is 8.33. The van der Waals surface area contributed by atoms with Crippen LogP contribution in [-0.4, -0.2) is 68.0 Å². The van der Waals surface area contributed by atoms with Gasteiger partial charge in [0.2, 0.25) is 0 Å². The fourth-order valence-corrected chi connectivity index (χ4v) is 3.82. The molecule has 0 fully saturated rings. The summed E-state index contributed by atoms with van der Waals surface area (Å²) >= 11 is 1.67. The quantitative estimate of drug-likeness (QED) is 0.200. The molecule has 2 aromatic carbocycles. The van der Waals surface area contributed by atoms with Gasteiger partial charge in [0.1, 0.15) is 18.2 Å². The molecule has 0 spiro atoms. The topological polar surface area (TPSA) is 215 Å². The van der Waals surface area contributed by atoms with Gasteiger partial charge in [0, 0.05) is 6.92 Å². The maximum atomic E-state index is 8.25. The maximum absolute atomic E-state index is 8.25. The van der Waals surface area contributed by atoms with Crippen molar-refractivity contribution < 1.29 is 78.6 Å². The maximum Gasteiger partial charge on any atom is 1.00 e. The number of nitriles is 1. The van der Waals surface area contributed by atoms with Crippen LogP contribution in [0.1, 0.15) is 17.5 Å². The third-order valence-electron chi connectivity index (χ3n) is 4.41. The number of rotatable bonds is 2. The molecule has 0 saturated carbocycles. The molecule has 1 aliphatic rings. The van der Waals surface area contributed by atoms with Crippen LogP contribution in [0.4, 0.5) is 0 Å². The summed E-state index contributed by atoms with van der Waals surface area (Å²) in [6, 6.07) is 15.8. The minimum absolute atomic E-state index is 0. The van der Waals surface area contributed by atoms with Crippen molar-refractivity contribution in [3.63, 3.8) is 0 Å². The monoisotopic (exact) mass is 806 g/mol. The van der Waals surface area contributed by atoms with Crippen LogP contribution in [-0.2, 0) is 59.0 Å². The van der Waals surface area contributed by atoms with E-state index in [1.54, 1.807) is 17.4 Å². The number of ether oxygens (including phenoxy) is 5. The van der Waals surface area contributed by atoms with Crippen LogP contribution >= 0.6 is 11.3 Å². The Morgan fingerprint density at radius 2 is 1.26 bits per heavy atom. The number of nitrogens with zero attached hydrogens (tertiary/aromatic N) is 4. The Morgan fingerprint density at radius 1 is 0.791 bits per heavy atom. The third-order valence-corrected chi connectivity index (χ3v) is 5.41. The summed E-state index contributed by atoms with van der Waals surface area (Å²) in [6.07, 6.45) is 4.06. The van der Waals surface area contributed by atoms with Gasteiger partial charge in [0.25, 0.3) is 0 Å². The van der Waals surface area contributed by atoms with E-state index in [0.29, 0.717) is 64.4 Å². The van der Waals surface area contributed by atoms with E-state index >= 15 is 0 Å². The fourth-order valence-electron chi connectivity index (χ4n) is 2.95. The van der Waals surface area contributed by atoms with Gasteiger partial charge >= 0.3 is 44.8 Å². The van der Waals surface area contributed by atoms with Crippen LogP contribution < -0.4 is 9.47 Å². The SMILES string of the molecule is C(=C\c1nc2ccccc2s1)/c1ccc2c(c1)OCCOCCOCCOCCO2.CC#N.O=[N+]([O-])[O-].O=[N+]([O-])[O-].[Ag+].[Ag+]. The number of para-hydroxylation sites is 1. The van der Waals surface area contributed by atoms with E-state index < -0.39 is 10.2 Å². The molecule has 0 aliphatic carbocycles. The summed E-state index contributed by atoms with van der Waals surface area (Å²) < 4.78 is 29.4. The molecule has 15 nitrogen and oxygen atoms in total. The summed E-state index contributed by atoms with van der Waals surface area (Å²) in [5, 5.41) is 37.8. The second kappa shape index (κ2) is 26.5. The first kappa shape index (κ1) is 42.1. The summed E-state index contributed by atoms with van der Waals surface area (Å²) in [4.78, 5) is 21.1. The first-order valence-corrected chi connectivity index (χ1v) is 12.7. The number of hydrogen-bond donors (Lipinski definition) is 0. The smallest absolute Gasteiger partial charge is 0.487 e. The third kappa shape index (κ3) is 21.3. The Hall–Kier alpha value is -3.08. The average molecular weight is 808 g/mol. The Labute approximate surface area is 282 Å². The number of benzene rings is 2. The van der Waals surface area contributed by atoms with Gasteiger partial charge in [-0.2, -0.15) is 5.26 Å². The van der Waals surface area contributed by atoms with Crippen molar-refractivity contribution in [2.24, 2.45) is 0 Å². The van der Waals surface area contributed by atoms with Crippen molar-refractivity contribution in [1.82, 2.24) is 4.98 Å². The Balaban J connectivity index is 0. The second-order valence-electron chi connectivity index (χ2n) is 7.26. The fraction of sp³-hybridized carbons (Fsp3) is 0.360. The van der Waals surface area contributed by atoms with Gasteiger partial charge in [-0.15, -0.1) is 11.3 Å². The summed E-state index contributed by atoms with van der Waals surface area (Å²) in [5.41, 5.74) is 2.03. The van der Waals surface area contributed by atoms with E-state index in [1.807, 2.05) is 48.6 Å². The number of thiazole rings is 1. The summed E-state index contributed by atoms with van der Waals surface area (Å²) in [5.74, 6) is 1.39. The minimum atomic E-state index is -1.75. The zero-order chi connectivity index (χ0) is 30.3. The number of aromatic nitrogens is 1. The van der Waals surface area contributed by atoms with Gasteiger partial charge in [-0.1, -0.05) is 24.3 Å². The first-order chi connectivity index (χ1) is 19.8. The molecule has 0 amide bonds. The molecule has 4 rings (SSSR count). The van der Waals surface area contributed by atoms with Crippen molar-refractivity contribution in [3.05, 3.63) is 83.7 Å². The molecular weight excluding hydrogens is 780 g/mol. The normalized spacial score (nSPS) is 13.1. The van der Waals surface area contributed by atoms with Crippen molar-refractivity contribution in [3.8, 4) is 17.6 Å². The van der Waals surface area contributed by atoms with Gasteiger partial charge in [-0.3, -0.25) is 0 Å². The summed E-state index contributed by atoms with van der Waals surface area (Å²) in [6.45, 7) is 5.51. The van der Waals surface area contributed by atoms with Gasteiger partial charge in [0.05, 0.1) is 66.1 Å². The van der Waals surface area contributed by atoms with Crippen LogP contribution in [0.25, 0.3) is 22.4 Å². The van der Waals surface area contributed by atoms with E-state index in [-0.39, 0.29) is 44.8 Å². The predicted octanol–water partition coefficient (Wildman–Crippen LogP) is 4.33. The molecule has 0 bridgehead atoms. The molecule has 3 aromatic rings. The number of hydrogen-bond acceptors (Lipinski definition) is 14. The van der Waals surface area contributed by atoms with Gasteiger partial charge in [-0.25, -0.2) is 4.98 Å². The van der Waals surface area contributed by atoms with Crippen molar-refractivity contribution >= 4 is 33.7 Å². The van der Waals surface area contributed by atoms with Crippen molar-refractivity contribution in [2.75, 3.05) is 52.9 Å². The Morgan fingerprint density at radius 3 is 1.77 bits per heavy atom. The van der Waals surface area contributed by atoms with E-state index in [2.05, 4.69) is 11.1 Å². The van der Waals surface area contributed by atoms with Crippen LogP contribution in [0, 0.1) is 42.0 Å². The van der Waals surface area contributed by atoms with Crippen LogP contribution in [0.3, 0.4) is 0 Å². The van der Waals surface area contributed by atoms with E-state index in [1.165, 1.54) is 11.6 Å². The average Bonchev–Trinajstić information content (AvgIpc) is 3.33. The molecule has 18 heteroatoms. The van der Waals surface area contributed by atoms with E-state index in [9.17, 15) is 0 Å². The molecule has 0 radical (unpaired) electrons. The molecule has 0 atom stereocenters. The molecule has 1 aromatic heterocycles. The molecule has 242 valence electrons. The van der Waals surface area contributed by atoms with Crippen molar-refractivity contribution in [1.29, 1.82) is 5.26 Å². The largest absolute Gasteiger partial charge is 1.00 e. The van der Waals surface area contributed by atoms with Gasteiger partial charge < -0.3 is 54.3 Å². The molecule has 0 saturated heterocycles. The van der Waals surface area contributed by atoms with Crippen molar-refractivity contribution in [2.45, 2.75) is 6.92 Å². The standard InChI is InChI=1S/C23H25NO5S.C2H3N.2Ag.2NO3/c1-2-4-22-19(3-1)24-23(30-22)8-6-18-5-7-20-21(17-18)29-16-14-27-12-10-25-9-11-26-13-15-28-20;1-2-3;;;2*2-1(3)4/h1-8,17H,9-16H2;1H3;;;;/q;;2*+1;2*-1/b8-6+;;;;;. The predicted molar refractivity (Wildman–Crippen MR) is 150 cm³/mol. The zero-order valence-corrected chi connectivity index (χ0v) is 26.4. The molecule has 43 heavy (non-hydrogen) atoms. The Bertz CT molecular complexity index is 1220. The molecule has 1 aliphatic heterocycles. The molecule has 2 heterocycles. The number of fused-ring (bicyclic) bond motifs is 2. The van der Waals surface area contributed by atoms with Gasteiger partial charge in [-0.05, 0) is 35.9 Å².